The fourth-order valence-electron chi connectivity index (χ4n) is 1.86. The van der Waals surface area contributed by atoms with Crippen LogP contribution in [-0.4, -0.2) is 24.4 Å². The number of nitrogens with one attached hydrogen (secondary N) is 2. The van der Waals surface area contributed by atoms with E-state index in [0.29, 0.717) is 5.69 Å². The van der Waals surface area contributed by atoms with Crippen molar-refractivity contribution < 1.29 is 18.1 Å². The Morgan fingerprint density at radius 1 is 1.19 bits per heavy atom. The van der Waals surface area contributed by atoms with Gasteiger partial charge in [0.05, 0.1) is 20.4 Å². The van der Waals surface area contributed by atoms with Gasteiger partial charge in [0, 0.05) is 17.8 Å². The van der Waals surface area contributed by atoms with Crippen LogP contribution in [0.15, 0.2) is 47.4 Å². The molecule has 0 aliphatic carbocycles. The summed E-state index contributed by atoms with van der Waals surface area (Å²) in [6, 6.07) is 8.78. The van der Waals surface area contributed by atoms with E-state index in [-0.39, 0.29) is 26.3 Å². The minimum absolute atomic E-state index is 0.00555. The summed E-state index contributed by atoms with van der Waals surface area (Å²) >= 11 is 10.9. The number of rotatable bonds is 4. The number of halogens is 1. The van der Waals surface area contributed by atoms with Crippen molar-refractivity contribution in [3.05, 3.63) is 63.2 Å². The molecule has 0 heterocycles. The molecule has 0 saturated carbocycles. The van der Waals surface area contributed by atoms with Crippen molar-refractivity contribution >= 4 is 56.2 Å². The maximum absolute atomic E-state index is 12.1. The van der Waals surface area contributed by atoms with Crippen LogP contribution in [0.5, 0.6) is 0 Å². The Morgan fingerprint density at radius 2 is 1.81 bits per heavy atom. The highest BCUT2D eigenvalue weighted by Crippen LogP contribution is 2.22. The van der Waals surface area contributed by atoms with Crippen LogP contribution < -0.4 is 15.8 Å². The molecule has 0 aliphatic rings. The fraction of sp³-hybridized carbons (Fsp3) is 0. The van der Waals surface area contributed by atoms with Crippen molar-refractivity contribution in [3.8, 4) is 0 Å². The molecule has 0 aromatic heterocycles. The Morgan fingerprint density at radius 3 is 2.31 bits per heavy atom. The molecule has 9 nitrogen and oxygen atoms in total. The normalized spacial score (nSPS) is 10.8. The van der Waals surface area contributed by atoms with Gasteiger partial charge < -0.3 is 5.32 Å². The van der Waals surface area contributed by atoms with Gasteiger partial charge in [0.1, 0.15) is 0 Å². The molecule has 0 unspecified atom stereocenters. The maximum Gasteiger partial charge on any atom is 0.270 e. The molecule has 12 heteroatoms. The van der Waals surface area contributed by atoms with E-state index in [1.54, 1.807) is 0 Å². The Bertz CT molecular complexity index is 993. The van der Waals surface area contributed by atoms with Gasteiger partial charge in [-0.25, -0.2) is 13.6 Å². The van der Waals surface area contributed by atoms with Gasteiger partial charge in [-0.15, -0.1) is 0 Å². The van der Waals surface area contributed by atoms with Crippen molar-refractivity contribution in [2.45, 2.75) is 4.90 Å². The second kappa shape index (κ2) is 7.74. The maximum atomic E-state index is 12.1. The molecule has 0 radical (unpaired) electrons. The van der Waals surface area contributed by atoms with Crippen LogP contribution in [0, 0.1) is 10.1 Å². The summed E-state index contributed by atoms with van der Waals surface area (Å²) in [6.07, 6.45) is 0. The van der Waals surface area contributed by atoms with E-state index in [4.69, 9.17) is 29.0 Å². The van der Waals surface area contributed by atoms with Crippen LogP contribution in [-0.2, 0) is 10.0 Å². The molecule has 2 aromatic carbocycles. The zero-order valence-electron chi connectivity index (χ0n) is 12.8. The molecular formula is C14H11ClN4O5S2. The van der Waals surface area contributed by atoms with E-state index < -0.39 is 20.9 Å². The van der Waals surface area contributed by atoms with E-state index in [2.05, 4.69) is 10.6 Å². The highest BCUT2D eigenvalue weighted by atomic mass is 35.5. The lowest BCUT2D eigenvalue weighted by molar-refractivity contribution is -0.384. The Balaban J connectivity index is 2.05. The Hall–Kier alpha value is -2.60. The molecule has 136 valence electrons. The predicted molar refractivity (Wildman–Crippen MR) is 99.6 cm³/mol. The summed E-state index contributed by atoms with van der Waals surface area (Å²) in [5, 5.41) is 20.5. The summed E-state index contributed by atoms with van der Waals surface area (Å²) in [5.74, 6) is -0.663. The number of nitrogens with two attached hydrogens (primary N) is 1. The second-order valence-corrected chi connectivity index (χ2v) is 7.28. The van der Waals surface area contributed by atoms with Gasteiger partial charge in [-0.1, -0.05) is 11.6 Å². The van der Waals surface area contributed by atoms with Crippen molar-refractivity contribution in [2.24, 2.45) is 5.14 Å². The van der Waals surface area contributed by atoms with Crippen LogP contribution in [0.2, 0.25) is 5.02 Å². The minimum atomic E-state index is -3.81. The molecule has 1 amide bonds. The van der Waals surface area contributed by atoms with Crippen LogP contribution in [0.25, 0.3) is 0 Å². The predicted octanol–water partition coefficient (Wildman–Crippen LogP) is 2.02. The number of amides is 1. The number of nitrogens with zero attached hydrogens (tertiary/aromatic N) is 1. The number of nitro benzene ring substituents is 1. The number of anilines is 1. The number of primary sulfonamides is 1. The van der Waals surface area contributed by atoms with Crippen molar-refractivity contribution in [1.82, 2.24) is 5.32 Å². The molecule has 26 heavy (non-hydrogen) atoms. The third-order valence-corrected chi connectivity index (χ3v) is 4.52. The summed E-state index contributed by atoms with van der Waals surface area (Å²) in [7, 11) is -3.81. The van der Waals surface area contributed by atoms with Gasteiger partial charge in [0.15, 0.2) is 5.11 Å². The SMILES string of the molecule is NS(=O)(=O)c1ccc(NC(=S)NC(=O)c2ccc([N+](=O)[O-])cc2Cl)cc1. The number of benzene rings is 2. The highest BCUT2D eigenvalue weighted by molar-refractivity contribution is 7.89. The average Bonchev–Trinajstić information content (AvgIpc) is 2.53. The highest BCUT2D eigenvalue weighted by Gasteiger charge is 2.16. The number of carbonyl (C=O) groups is 1. The minimum Gasteiger partial charge on any atom is -0.332 e. The quantitative estimate of drug-likeness (QED) is 0.394. The number of non-ortho nitro benzene ring substituents is 1. The van der Waals surface area contributed by atoms with Gasteiger partial charge in [-0.05, 0) is 42.5 Å². The van der Waals surface area contributed by atoms with Gasteiger partial charge in [0.25, 0.3) is 11.6 Å². The third-order valence-electron chi connectivity index (χ3n) is 3.08. The molecule has 0 aliphatic heterocycles. The summed E-state index contributed by atoms with van der Waals surface area (Å²) in [5.41, 5.74) is 0.172. The van der Waals surface area contributed by atoms with Gasteiger partial charge in [0.2, 0.25) is 10.0 Å². The summed E-state index contributed by atoms with van der Waals surface area (Å²) in [4.78, 5) is 22.1. The van der Waals surface area contributed by atoms with Gasteiger partial charge >= 0.3 is 0 Å². The molecule has 4 N–H and O–H groups in total. The monoisotopic (exact) mass is 414 g/mol. The van der Waals surface area contributed by atoms with E-state index in [9.17, 15) is 23.3 Å². The number of sulfonamides is 1. The lowest BCUT2D eigenvalue weighted by Gasteiger charge is -2.10. The van der Waals surface area contributed by atoms with Crippen LogP contribution >= 0.6 is 23.8 Å². The first-order valence-electron chi connectivity index (χ1n) is 6.77. The lowest BCUT2D eigenvalue weighted by atomic mass is 10.2. The fourth-order valence-corrected chi connectivity index (χ4v) is 2.85. The largest absolute Gasteiger partial charge is 0.332 e. The smallest absolute Gasteiger partial charge is 0.270 e. The molecule has 0 fully saturated rings. The van der Waals surface area contributed by atoms with Crippen molar-refractivity contribution in [1.29, 1.82) is 0 Å². The zero-order chi connectivity index (χ0) is 19.5. The number of thiocarbonyl (C=S) groups is 1. The first kappa shape index (κ1) is 19.7. The molecule has 0 bridgehead atoms. The standard InChI is InChI=1S/C14H11ClN4O5S2/c15-12-7-9(19(21)22)3-6-11(12)13(20)18-14(25)17-8-1-4-10(5-2-8)26(16,23)24/h1-7H,(H2,16,23,24)(H2,17,18,20,25). The number of nitro groups is 1. The number of hydrogen-bond acceptors (Lipinski definition) is 6. The molecule has 2 aromatic rings. The topological polar surface area (TPSA) is 144 Å². The first-order valence-corrected chi connectivity index (χ1v) is 9.10. The van der Waals surface area contributed by atoms with Crippen molar-refractivity contribution in [2.75, 3.05) is 5.32 Å². The average molecular weight is 415 g/mol. The number of carbonyl (C=O) groups excluding carboxylic acids is 1. The van der Waals surface area contributed by atoms with Gasteiger partial charge in [-0.2, -0.15) is 0 Å². The summed E-state index contributed by atoms with van der Waals surface area (Å²) < 4.78 is 22.4. The Labute approximate surface area is 158 Å². The van der Waals surface area contributed by atoms with E-state index in [1.807, 2.05) is 0 Å². The first-order chi connectivity index (χ1) is 12.1. The van der Waals surface area contributed by atoms with E-state index in [0.717, 1.165) is 12.1 Å². The molecule has 0 spiro atoms. The van der Waals surface area contributed by atoms with Crippen molar-refractivity contribution in [3.63, 3.8) is 0 Å². The van der Waals surface area contributed by atoms with E-state index >= 15 is 0 Å². The lowest BCUT2D eigenvalue weighted by Crippen LogP contribution is -2.34. The molecule has 2 rings (SSSR count). The van der Waals surface area contributed by atoms with Crippen LogP contribution in [0.4, 0.5) is 11.4 Å². The van der Waals surface area contributed by atoms with Crippen LogP contribution in [0.3, 0.4) is 0 Å². The summed E-state index contributed by atoms with van der Waals surface area (Å²) in [6.45, 7) is 0. The Kier molecular flexibility index (Phi) is 5.87. The second-order valence-electron chi connectivity index (χ2n) is 4.90. The third kappa shape index (κ3) is 4.95. The van der Waals surface area contributed by atoms with Gasteiger partial charge in [-0.3, -0.25) is 20.2 Å². The molecule has 0 atom stereocenters. The molecule has 0 saturated heterocycles. The van der Waals surface area contributed by atoms with E-state index in [1.165, 1.54) is 30.3 Å². The van der Waals surface area contributed by atoms with Crippen LogP contribution in [0.1, 0.15) is 10.4 Å². The zero-order valence-corrected chi connectivity index (χ0v) is 15.2. The molecular weight excluding hydrogens is 404 g/mol. The number of hydrogen-bond donors (Lipinski definition) is 3.